The van der Waals surface area contributed by atoms with E-state index in [4.69, 9.17) is 14.2 Å². The van der Waals surface area contributed by atoms with Crippen molar-refractivity contribution in [2.24, 2.45) is 0 Å². The van der Waals surface area contributed by atoms with Crippen molar-refractivity contribution in [2.75, 3.05) is 33.5 Å². The van der Waals surface area contributed by atoms with Gasteiger partial charge in [-0.25, -0.2) is 0 Å². The monoisotopic (exact) mass is 421 g/mol. The van der Waals surface area contributed by atoms with Gasteiger partial charge in [0.05, 0.1) is 28.8 Å². The van der Waals surface area contributed by atoms with E-state index in [1.807, 2.05) is 0 Å². The van der Waals surface area contributed by atoms with Crippen LogP contribution < -0.4 is 10.1 Å². The molecule has 0 aromatic heterocycles. The van der Waals surface area contributed by atoms with Crippen LogP contribution in [0.3, 0.4) is 0 Å². The Balaban J connectivity index is 1.95. The standard InChI is InChI=1S/C15H21Br2NO3/c1-19-7-4-18-10-11-8-13(16)15(14(17)9-11)21-12-2-5-20-6-3-12/h8-9,12,18H,2-7,10H2,1H3. The topological polar surface area (TPSA) is 39.7 Å². The first kappa shape index (κ1) is 17.2. The van der Waals surface area contributed by atoms with Crippen LogP contribution in [0.5, 0.6) is 5.75 Å². The molecule has 0 spiro atoms. The summed E-state index contributed by atoms with van der Waals surface area (Å²) in [6.07, 6.45) is 2.12. The largest absolute Gasteiger partial charge is 0.488 e. The van der Waals surface area contributed by atoms with Crippen LogP contribution in [0.25, 0.3) is 0 Å². The zero-order chi connectivity index (χ0) is 15.1. The number of hydrogen-bond donors (Lipinski definition) is 1. The minimum atomic E-state index is 0.233. The molecule has 1 saturated heterocycles. The van der Waals surface area contributed by atoms with E-state index in [0.717, 1.165) is 53.8 Å². The number of nitrogens with one attached hydrogen (secondary N) is 1. The third kappa shape index (κ3) is 5.53. The van der Waals surface area contributed by atoms with Crippen molar-refractivity contribution >= 4 is 31.9 Å². The Morgan fingerprint density at radius 2 is 1.90 bits per heavy atom. The number of halogens is 2. The first-order valence-corrected chi connectivity index (χ1v) is 8.71. The normalized spacial score (nSPS) is 16.1. The van der Waals surface area contributed by atoms with Crippen molar-refractivity contribution in [1.82, 2.24) is 5.32 Å². The molecule has 1 heterocycles. The second-order valence-corrected chi connectivity index (χ2v) is 6.70. The minimum Gasteiger partial charge on any atom is -0.488 e. The van der Waals surface area contributed by atoms with Gasteiger partial charge in [0.2, 0.25) is 0 Å². The fourth-order valence-electron chi connectivity index (χ4n) is 2.19. The van der Waals surface area contributed by atoms with E-state index in [1.54, 1.807) is 7.11 Å². The van der Waals surface area contributed by atoms with Crippen molar-refractivity contribution in [2.45, 2.75) is 25.5 Å². The van der Waals surface area contributed by atoms with Gasteiger partial charge < -0.3 is 19.5 Å². The van der Waals surface area contributed by atoms with Crippen LogP contribution in [-0.4, -0.2) is 39.6 Å². The molecule has 4 nitrogen and oxygen atoms in total. The molecule has 0 bridgehead atoms. The van der Waals surface area contributed by atoms with Gasteiger partial charge in [0.1, 0.15) is 11.9 Å². The fourth-order valence-corrected chi connectivity index (χ4v) is 3.66. The summed E-state index contributed by atoms with van der Waals surface area (Å²) in [6.45, 7) is 3.92. The average Bonchev–Trinajstić information content (AvgIpc) is 2.48. The van der Waals surface area contributed by atoms with Gasteiger partial charge >= 0.3 is 0 Å². The maximum absolute atomic E-state index is 6.10. The van der Waals surface area contributed by atoms with Gasteiger partial charge in [0.15, 0.2) is 0 Å². The van der Waals surface area contributed by atoms with E-state index in [9.17, 15) is 0 Å². The lowest BCUT2D eigenvalue weighted by Gasteiger charge is -2.24. The average molecular weight is 423 g/mol. The van der Waals surface area contributed by atoms with Crippen molar-refractivity contribution in [1.29, 1.82) is 0 Å². The van der Waals surface area contributed by atoms with Crippen molar-refractivity contribution < 1.29 is 14.2 Å². The summed E-state index contributed by atoms with van der Waals surface area (Å²) >= 11 is 7.22. The van der Waals surface area contributed by atoms with Crippen LogP contribution in [0.2, 0.25) is 0 Å². The maximum Gasteiger partial charge on any atom is 0.148 e. The summed E-state index contributed by atoms with van der Waals surface area (Å²) in [5.74, 6) is 0.877. The first-order chi connectivity index (χ1) is 10.2. The van der Waals surface area contributed by atoms with Gasteiger partial charge in [-0.2, -0.15) is 0 Å². The number of ether oxygens (including phenoxy) is 3. The molecule has 1 aliphatic heterocycles. The molecule has 6 heteroatoms. The summed E-state index contributed by atoms with van der Waals surface area (Å²) in [4.78, 5) is 0. The Morgan fingerprint density at radius 3 is 2.52 bits per heavy atom. The van der Waals surface area contributed by atoms with Crippen LogP contribution in [0.15, 0.2) is 21.1 Å². The molecule has 0 radical (unpaired) electrons. The Labute approximate surface area is 142 Å². The Kier molecular flexibility index (Phi) is 7.46. The number of benzene rings is 1. The molecule has 0 aliphatic carbocycles. The van der Waals surface area contributed by atoms with Crippen molar-refractivity contribution in [3.63, 3.8) is 0 Å². The first-order valence-electron chi connectivity index (χ1n) is 7.12. The van der Waals surface area contributed by atoms with Gasteiger partial charge in [0.25, 0.3) is 0 Å². The van der Waals surface area contributed by atoms with Crippen LogP contribution in [0, 0.1) is 0 Å². The van der Waals surface area contributed by atoms with E-state index in [0.29, 0.717) is 6.61 Å². The third-order valence-electron chi connectivity index (χ3n) is 3.32. The van der Waals surface area contributed by atoms with Crippen LogP contribution >= 0.6 is 31.9 Å². The second kappa shape index (κ2) is 9.10. The van der Waals surface area contributed by atoms with Crippen LogP contribution in [0.1, 0.15) is 18.4 Å². The van der Waals surface area contributed by atoms with E-state index in [1.165, 1.54) is 5.56 Å². The Bertz CT molecular complexity index is 428. The number of rotatable bonds is 7. The number of methoxy groups -OCH3 is 1. The molecule has 0 amide bonds. The van der Waals surface area contributed by atoms with E-state index in [2.05, 4.69) is 49.3 Å². The van der Waals surface area contributed by atoms with Crippen molar-refractivity contribution in [3.05, 3.63) is 26.6 Å². The van der Waals surface area contributed by atoms with Gasteiger partial charge in [-0.05, 0) is 49.6 Å². The molecular formula is C15H21Br2NO3. The summed E-state index contributed by atoms with van der Waals surface area (Å²) in [5.41, 5.74) is 1.20. The minimum absolute atomic E-state index is 0.233. The molecule has 1 fully saturated rings. The smallest absolute Gasteiger partial charge is 0.148 e. The quantitative estimate of drug-likeness (QED) is 0.682. The lowest BCUT2D eigenvalue weighted by atomic mass is 10.1. The molecule has 1 aromatic rings. The van der Waals surface area contributed by atoms with E-state index < -0.39 is 0 Å². The van der Waals surface area contributed by atoms with E-state index in [-0.39, 0.29) is 6.10 Å². The zero-order valence-electron chi connectivity index (χ0n) is 12.2. The molecular weight excluding hydrogens is 402 g/mol. The predicted octanol–water partition coefficient (Wildman–Crippen LogP) is 3.51. The molecule has 21 heavy (non-hydrogen) atoms. The lowest BCUT2D eigenvalue weighted by Crippen LogP contribution is -2.26. The highest BCUT2D eigenvalue weighted by Gasteiger charge is 2.18. The highest BCUT2D eigenvalue weighted by Crippen LogP contribution is 2.36. The maximum atomic E-state index is 6.10. The molecule has 1 aromatic carbocycles. The molecule has 118 valence electrons. The summed E-state index contributed by atoms with van der Waals surface area (Å²) < 4.78 is 18.4. The second-order valence-electron chi connectivity index (χ2n) is 4.99. The molecule has 0 atom stereocenters. The summed E-state index contributed by atoms with van der Waals surface area (Å²) in [6, 6.07) is 4.19. The zero-order valence-corrected chi connectivity index (χ0v) is 15.3. The van der Waals surface area contributed by atoms with E-state index >= 15 is 0 Å². The van der Waals surface area contributed by atoms with Gasteiger partial charge in [-0.3, -0.25) is 0 Å². The van der Waals surface area contributed by atoms with Crippen molar-refractivity contribution in [3.8, 4) is 5.75 Å². The molecule has 0 unspecified atom stereocenters. The highest BCUT2D eigenvalue weighted by molar-refractivity contribution is 9.11. The molecule has 0 saturated carbocycles. The third-order valence-corrected chi connectivity index (χ3v) is 4.50. The van der Waals surface area contributed by atoms with Crippen LogP contribution in [-0.2, 0) is 16.0 Å². The Hall–Kier alpha value is -0.140. The molecule has 1 aliphatic rings. The van der Waals surface area contributed by atoms with Gasteiger partial charge in [0, 0.05) is 33.0 Å². The van der Waals surface area contributed by atoms with Gasteiger partial charge in [-0.15, -0.1) is 0 Å². The number of hydrogen-bond acceptors (Lipinski definition) is 4. The lowest BCUT2D eigenvalue weighted by molar-refractivity contribution is 0.0249. The van der Waals surface area contributed by atoms with Gasteiger partial charge in [-0.1, -0.05) is 0 Å². The SMILES string of the molecule is COCCNCc1cc(Br)c(OC2CCOCC2)c(Br)c1. The molecule has 2 rings (SSSR count). The van der Waals surface area contributed by atoms with Crippen LogP contribution in [0.4, 0.5) is 0 Å². The summed E-state index contributed by atoms with van der Waals surface area (Å²) in [7, 11) is 1.71. The summed E-state index contributed by atoms with van der Waals surface area (Å²) in [5, 5.41) is 3.33. The fraction of sp³-hybridized carbons (Fsp3) is 0.600. The Morgan fingerprint density at radius 1 is 1.24 bits per heavy atom. The highest BCUT2D eigenvalue weighted by atomic mass is 79.9. The molecule has 1 N–H and O–H groups in total. The predicted molar refractivity (Wildman–Crippen MR) is 89.9 cm³/mol.